The molecule has 0 saturated heterocycles. The highest BCUT2D eigenvalue weighted by Gasteiger charge is 2.18. The fourth-order valence-corrected chi connectivity index (χ4v) is 5.06. The molecule has 7 heteroatoms. The maximum atomic E-state index is 12.5. The van der Waals surface area contributed by atoms with Crippen molar-refractivity contribution in [3.05, 3.63) is 20.8 Å². The first-order chi connectivity index (χ1) is 15.5. The van der Waals surface area contributed by atoms with Gasteiger partial charge in [0.1, 0.15) is 0 Å². The van der Waals surface area contributed by atoms with Crippen molar-refractivity contribution in [2.24, 2.45) is 7.05 Å². The van der Waals surface area contributed by atoms with E-state index >= 15 is 0 Å². The van der Waals surface area contributed by atoms with Crippen LogP contribution in [0, 0.1) is 0 Å². The van der Waals surface area contributed by atoms with Crippen molar-refractivity contribution >= 4 is 22.9 Å². The Kier molecular flexibility index (Phi) is 12.2. The zero-order valence-electron chi connectivity index (χ0n) is 20.8. The monoisotopic (exact) mass is 464 g/mol. The Labute approximate surface area is 197 Å². The molecule has 2 rings (SSSR count). The van der Waals surface area contributed by atoms with Gasteiger partial charge in [-0.3, -0.25) is 14.3 Å². The molecule has 0 atom stereocenters. The minimum atomic E-state index is -0.412. The number of fused-ring (bicyclic) bond motifs is 1. The number of nitrogens with one attached hydrogen (secondary N) is 1. The zero-order valence-corrected chi connectivity index (χ0v) is 21.6. The van der Waals surface area contributed by atoms with Crippen LogP contribution in [0.5, 0.6) is 0 Å². The number of H-pyrrole nitrogens is 1. The number of unbranched alkanes of at least 4 members (excludes halogenated alkanes) is 13. The highest BCUT2D eigenvalue weighted by Crippen LogP contribution is 2.25. The third-order valence-electron chi connectivity index (χ3n) is 6.05. The molecular formula is C25H44N4O2S. The fourth-order valence-electron chi connectivity index (χ4n) is 4.19. The Morgan fingerprint density at radius 1 is 0.844 bits per heavy atom. The molecule has 0 aliphatic heterocycles. The summed E-state index contributed by atoms with van der Waals surface area (Å²) in [4.78, 5) is 31.5. The SMILES string of the molecule is CCCCCCCCCCCCCCCCn1c(SC(C)C)nc2c1c(=O)[nH]c(=O)n2C. The first-order valence-corrected chi connectivity index (χ1v) is 13.7. The van der Waals surface area contributed by atoms with Gasteiger partial charge in [0.2, 0.25) is 0 Å². The first-order valence-electron chi connectivity index (χ1n) is 12.8. The molecule has 0 unspecified atom stereocenters. The molecule has 0 bridgehead atoms. The Hall–Kier alpha value is -1.50. The maximum absolute atomic E-state index is 12.5. The van der Waals surface area contributed by atoms with E-state index in [1.54, 1.807) is 18.8 Å². The van der Waals surface area contributed by atoms with Crippen LogP contribution >= 0.6 is 11.8 Å². The van der Waals surface area contributed by atoms with E-state index in [1.807, 2.05) is 4.57 Å². The topological polar surface area (TPSA) is 72.7 Å². The highest BCUT2D eigenvalue weighted by molar-refractivity contribution is 7.99. The quantitative estimate of drug-likeness (QED) is 0.217. The molecule has 32 heavy (non-hydrogen) atoms. The molecule has 0 amide bonds. The van der Waals surface area contributed by atoms with E-state index in [-0.39, 0.29) is 5.56 Å². The summed E-state index contributed by atoms with van der Waals surface area (Å²) in [5.41, 5.74) is 0.249. The molecule has 0 radical (unpaired) electrons. The van der Waals surface area contributed by atoms with Gasteiger partial charge in [0.25, 0.3) is 5.56 Å². The van der Waals surface area contributed by atoms with Crippen LogP contribution in [0.4, 0.5) is 0 Å². The number of nitrogens with zero attached hydrogens (tertiary/aromatic N) is 3. The molecule has 1 N–H and O–H groups in total. The zero-order chi connectivity index (χ0) is 23.3. The number of imidazole rings is 1. The molecule has 0 aliphatic carbocycles. The third-order valence-corrected chi connectivity index (χ3v) is 7.04. The summed E-state index contributed by atoms with van der Waals surface area (Å²) in [6.07, 6.45) is 18.6. The first kappa shape index (κ1) is 26.7. The second-order valence-electron chi connectivity index (χ2n) is 9.30. The molecule has 0 aromatic carbocycles. The molecule has 0 aliphatic rings. The van der Waals surface area contributed by atoms with Gasteiger partial charge in [0, 0.05) is 18.8 Å². The summed E-state index contributed by atoms with van der Waals surface area (Å²) in [6, 6.07) is 0. The second-order valence-corrected chi connectivity index (χ2v) is 10.8. The van der Waals surface area contributed by atoms with Gasteiger partial charge in [-0.1, -0.05) is 116 Å². The van der Waals surface area contributed by atoms with Crippen LogP contribution in [0.15, 0.2) is 14.7 Å². The lowest BCUT2D eigenvalue weighted by atomic mass is 10.0. The number of rotatable bonds is 17. The van der Waals surface area contributed by atoms with Crippen molar-refractivity contribution in [3.63, 3.8) is 0 Å². The number of hydrogen-bond donors (Lipinski definition) is 1. The average molecular weight is 465 g/mol. The van der Waals surface area contributed by atoms with Crippen molar-refractivity contribution in [2.45, 2.75) is 128 Å². The van der Waals surface area contributed by atoms with Gasteiger partial charge in [-0.05, 0) is 6.42 Å². The number of aryl methyl sites for hydroxylation is 2. The molecular weight excluding hydrogens is 420 g/mol. The lowest BCUT2D eigenvalue weighted by Crippen LogP contribution is -2.29. The summed E-state index contributed by atoms with van der Waals surface area (Å²) < 4.78 is 3.45. The van der Waals surface area contributed by atoms with E-state index in [0.29, 0.717) is 16.4 Å². The second kappa shape index (κ2) is 14.6. The van der Waals surface area contributed by atoms with Crippen molar-refractivity contribution in [3.8, 4) is 0 Å². The van der Waals surface area contributed by atoms with Crippen LogP contribution in [0.25, 0.3) is 11.2 Å². The lowest BCUT2D eigenvalue weighted by molar-refractivity contribution is 0.519. The van der Waals surface area contributed by atoms with E-state index in [1.165, 1.54) is 81.6 Å². The minimum Gasteiger partial charge on any atom is -0.313 e. The van der Waals surface area contributed by atoms with E-state index < -0.39 is 5.69 Å². The molecule has 0 spiro atoms. The van der Waals surface area contributed by atoms with Crippen molar-refractivity contribution in [1.29, 1.82) is 0 Å². The van der Waals surface area contributed by atoms with Gasteiger partial charge in [-0.15, -0.1) is 0 Å². The Balaban J connectivity index is 1.72. The van der Waals surface area contributed by atoms with E-state index in [4.69, 9.17) is 0 Å². The maximum Gasteiger partial charge on any atom is 0.329 e. The summed E-state index contributed by atoms with van der Waals surface area (Å²) in [6.45, 7) is 7.27. The molecule has 182 valence electrons. The number of aromatic amines is 1. The van der Waals surface area contributed by atoms with Crippen molar-refractivity contribution in [2.75, 3.05) is 0 Å². The van der Waals surface area contributed by atoms with Gasteiger partial charge in [0.05, 0.1) is 0 Å². The number of thioether (sulfide) groups is 1. The number of hydrogen-bond acceptors (Lipinski definition) is 4. The predicted molar refractivity (Wildman–Crippen MR) is 137 cm³/mol. The minimum absolute atomic E-state index is 0.337. The van der Waals surface area contributed by atoms with Gasteiger partial charge in [0.15, 0.2) is 16.3 Å². The lowest BCUT2D eigenvalue weighted by Gasteiger charge is -2.10. The Morgan fingerprint density at radius 3 is 1.84 bits per heavy atom. The smallest absolute Gasteiger partial charge is 0.313 e. The van der Waals surface area contributed by atoms with Crippen LogP contribution in [0.3, 0.4) is 0 Å². The summed E-state index contributed by atoms with van der Waals surface area (Å²) in [5, 5.41) is 1.19. The fraction of sp³-hybridized carbons (Fsp3) is 0.800. The Morgan fingerprint density at radius 2 is 1.34 bits per heavy atom. The largest absolute Gasteiger partial charge is 0.329 e. The average Bonchev–Trinajstić information content (AvgIpc) is 3.10. The van der Waals surface area contributed by atoms with E-state index in [2.05, 4.69) is 30.7 Å². The van der Waals surface area contributed by atoms with Crippen molar-refractivity contribution in [1.82, 2.24) is 19.1 Å². The standard InChI is InChI=1S/C25H44N4O2S/c1-5-6-7-8-9-10-11-12-13-14-15-16-17-18-19-29-21-22(26-25(29)32-20(2)3)28(4)24(31)27-23(21)30/h20H,5-19H2,1-4H3,(H,27,30,31). The van der Waals surface area contributed by atoms with Gasteiger partial charge >= 0.3 is 5.69 Å². The molecule has 2 heterocycles. The van der Waals surface area contributed by atoms with Gasteiger partial charge < -0.3 is 4.57 Å². The summed E-state index contributed by atoms with van der Waals surface area (Å²) in [7, 11) is 1.66. The summed E-state index contributed by atoms with van der Waals surface area (Å²) in [5.74, 6) is 0. The molecule has 6 nitrogen and oxygen atoms in total. The van der Waals surface area contributed by atoms with Crippen LogP contribution in [0.2, 0.25) is 0 Å². The van der Waals surface area contributed by atoms with Gasteiger partial charge in [-0.2, -0.15) is 0 Å². The van der Waals surface area contributed by atoms with E-state index in [0.717, 1.165) is 24.5 Å². The number of aromatic nitrogens is 4. The summed E-state index contributed by atoms with van der Waals surface area (Å²) >= 11 is 1.64. The molecule has 0 fully saturated rings. The molecule has 0 saturated carbocycles. The van der Waals surface area contributed by atoms with Crippen LogP contribution < -0.4 is 11.2 Å². The van der Waals surface area contributed by atoms with Crippen LogP contribution in [-0.2, 0) is 13.6 Å². The Bertz CT molecular complexity index is 913. The van der Waals surface area contributed by atoms with Crippen LogP contribution in [0.1, 0.15) is 111 Å². The molecule has 2 aromatic rings. The van der Waals surface area contributed by atoms with Crippen LogP contribution in [-0.4, -0.2) is 24.4 Å². The molecule has 2 aromatic heterocycles. The highest BCUT2D eigenvalue weighted by atomic mass is 32.2. The van der Waals surface area contributed by atoms with E-state index in [9.17, 15) is 9.59 Å². The van der Waals surface area contributed by atoms with Gasteiger partial charge in [-0.25, -0.2) is 9.78 Å². The normalized spacial score (nSPS) is 11.8. The predicted octanol–water partition coefficient (Wildman–Crippen LogP) is 6.41. The third kappa shape index (κ3) is 8.45. The van der Waals surface area contributed by atoms with Crippen molar-refractivity contribution < 1.29 is 0 Å².